The molecule has 0 N–H and O–H groups in total. The molecule has 5 nitrogen and oxygen atoms in total. The zero-order valence-electron chi connectivity index (χ0n) is 14.8. The Morgan fingerprint density at radius 3 is 2.88 bits per heavy atom. The number of carbonyl (C=O) groups is 1. The maximum Gasteiger partial charge on any atom is 0.225 e. The van der Waals surface area contributed by atoms with E-state index in [2.05, 4.69) is 15.5 Å². The van der Waals surface area contributed by atoms with E-state index in [4.69, 9.17) is 4.52 Å². The molecule has 0 aromatic carbocycles. The first-order valence-electron chi connectivity index (χ1n) is 8.58. The van der Waals surface area contributed by atoms with Crippen LogP contribution in [0.25, 0.3) is 0 Å². The number of amides is 1. The molecule has 0 saturated carbocycles. The van der Waals surface area contributed by atoms with E-state index in [0.29, 0.717) is 12.3 Å². The maximum absolute atomic E-state index is 12.9. The minimum Gasteiger partial charge on any atom is -0.361 e. The molecule has 1 aliphatic heterocycles. The molecule has 6 heteroatoms. The van der Waals surface area contributed by atoms with Crippen LogP contribution in [0.4, 0.5) is 0 Å². The van der Waals surface area contributed by atoms with Gasteiger partial charge < -0.3 is 9.42 Å². The molecule has 1 amide bonds. The Kier molecular flexibility index (Phi) is 5.04. The van der Waals surface area contributed by atoms with Crippen LogP contribution in [0.5, 0.6) is 0 Å². The minimum atomic E-state index is -0.0569. The van der Waals surface area contributed by atoms with Gasteiger partial charge in [-0.2, -0.15) is 0 Å². The summed E-state index contributed by atoms with van der Waals surface area (Å²) in [5.74, 6) is 1.38. The van der Waals surface area contributed by atoms with Crippen molar-refractivity contribution in [2.75, 3.05) is 13.1 Å². The van der Waals surface area contributed by atoms with E-state index in [0.717, 1.165) is 48.6 Å². The van der Waals surface area contributed by atoms with Gasteiger partial charge in [0.15, 0.2) is 0 Å². The number of carbonyl (C=O) groups excluding carboxylic acids is 1. The van der Waals surface area contributed by atoms with E-state index < -0.39 is 0 Å². The normalized spacial score (nSPS) is 19.5. The fourth-order valence-corrected chi connectivity index (χ4v) is 4.36. The largest absolute Gasteiger partial charge is 0.361 e. The fourth-order valence-electron chi connectivity index (χ4n) is 3.44. The molecule has 0 bridgehead atoms. The van der Waals surface area contributed by atoms with Gasteiger partial charge in [0.2, 0.25) is 5.91 Å². The van der Waals surface area contributed by atoms with E-state index in [1.54, 1.807) is 11.3 Å². The molecule has 3 heterocycles. The highest BCUT2D eigenvalue weighted by molar-refractivity contribution is 7.09. The van der Waals surface area contributed by atoms with Gasteiger partial charge in [-0.05, 0) is 40.0 Å². The molecule has 0 spiro atoms. The van der Waals surface area contributed by atoms with E-state index in [1.165, 1.54) is 5.01 Å². The first kappa shape index (κ1) is 17.1. The van der Waals surface area contributed by atoms with Crippen molar-refractivity contribution in [3.05, 3.63) is 33.1 Å². The molecule has 2 atom stereocenters. The molecule has 0 unspecified atom stereocenters. The summed E-state index contributed by atoms with van der Waals surface area (Å²) >= 11 is 1.72. The first-order chi connectivity index (χ1) is 11.5. The van der Waals surface area contributed by atoms with Crippen LogP contribution in [-0.4, -0.2) is 34.0 Å². The highest BCUT2D eigenvalue weighted by atomic mass is 32.1. The molecule has 1 aliphatic rings. The topological polar surface area (TPSA) is 59.2 Å². The predicted molar refractivity (Wildman–Crippen MR) is 94.3 cm³/mol. The summed E-state index contributed by atoms with van der Waals surface area (Å²) in [4.78, 5) is 19.5. The molecule has 130 valence electrons. The van der Waals surface area contributed by atoms with Crippen molar-refractivity contribution in [3.8, 4) is 0 Å². The molecule has 2 aromatic rings. The van der Waals surface area contributed by atoms with Gasteiger partial charge >= 0.3 is 0 Å². The third-order valence-corrected chi connectivity index (χ3v) is 5.96. The SMILES string of the molecule is Cc1csc([C@@H]2CCCN(C(=O)[C@@H](C)Cc3c(C)noc3C)C2)n1. The summed E-state index contributed by atoms with van der Waals surface area (Å²) in [7, 11) is 0. The molecule has 2 aromatic heterocycles. The van der Waals surface area contributed by atoms with Crippen molar-refractivity contribution in [3.63, 3.8) is 0 Å². The third kappa shape index (κ3) is 3.53. The summed E-state index contributed by atoms with van der Waals surface area (Å²) in [6.45, 7) is 9.52. The number of aryl methyl sites for hydroxylation is 3. The van der Waals surface area contributed by atoms with Crippen LogP contribution in [0.2, 0.25) is 0 Å². The lowest BCUT2D eigenvalue weighted by Gasteiger charge is -2.33. The molecule has 0 aliphatic carbocycles. The number of aromatic nitrogens is 2. The van der Waals surface area contributed by atoms with Gasteiger partial charge in [0, 0.05) is 41.6 Å². The van der Waals surface area contributed by atoms with Crippen LogP contribution in [-0.2, 0) is 11.2 Å². The number of thiazole rings is 1. The Balaban J connectivity index is 1.65. The van der Waals surface area contributed by atoms with Crippen LogP contribution in [0, 0.1) is 26.7 Å². The lowest BCUT2D eigenvalue weighted by molar-refractivity contribution is -0.136. The van der Waals surface area contributed by atoms with Gasteiger partial charge in [0.05, 0.1) is 10.7 Å². The number of nitrogens with zero attached hydrogens (tertiary/aromatic N) is 3. The zero-order chi connectivity index (χ0) is 17.3. The Bertz CT molecular complexity index is 702. The predicted octanol–water partition coefficient (Wildman–Crippen LogP) is 3.64. The first-order valence-corrected chi connectivity index (χ1v) is 9.46. The second-order valence-corrected chi connectivity index (χ2v) is 7.75. The highest BCUT2D eigenvalue weighted by Gasteiger charge is 2.29. The monoisotopic (exact) mass is 347 g/mol. The van der Waals surface area contributed by atoms with Gasteiger partial charge in [0.1, 0.15) is 5.76 Å². The lowest BCUT2D eigenvalue weighted by atomic mass is 9.94. The fraction of sp³-hybridized carbons (Fsp3) is 0.611. The third-order valence-electron chi connectivity index (χ3n) is 4.83. The van der Waals surface area contributed by atoms with Gasteiger partial charge in [-0.25, -0.2) is 4.98 Å². The second-order valence-electron chi connectivity index (χ2n) is 6.86. The molecule has 3 rings (SSSR count). The quantitative estimate of drug-likeness (QED) is 0.847. The number of hydrogen-bond acceptors (Lipinski definition) is 5. The van der Waals surface area contributed by atoms with E-state index in [-0.39, 0.29) is 11.8 Å². The van der Waals surface area contributed by atoms with Gasteiger partial charge in [-0.15, -0.1) is 11.3 Å². The van der Waals surface area contributed by atoms with Crippen LogP contribution in [0.15, 0.2) is 9.90 Å². The average Bonchev–Trinajstić information content (AvgIpc) is 3.15. The number of likely N-dealkylation sites (tertiary alicyclic amines) is 1. The van der Waals surface area contributed by atoms with Gasteiger partial charge in [-0.1, -0.05) is 12.1 Å². The number of rotatable bonds is 4. The van der Waals surface area contributed by atoms with Crippen molar-refractivity contribution in [1.82, 2.24) is 15.0 Å². The van der Waals surface area contributed by atoms with E-state index >= 15 is 0 Å². The Hall–Kier alpha value is -1.69. The number of piperidine rings is 1. The standard InChI is InChI=1S/C18H25N3O2S/c1-11(8-16-13(3)20-23-14(16)4)18(22)21-7-5-6-15(9-21)17-19-12(2)10-24-17/h10-11,15H,5-9H2,1-4H3/t11-,15+/m0/s1. The Morgan fingerprint density at radius 2 is 2.25 bits per heavy atom. The van der Waals surface area contributed by atoms with Crippen molar-refractivity contribution in [2.24, 2.45) is 5.92 Å². The highest BCUT2D eigenvalue weighted by Crippen LogP contribution is 2.30. The summed E-state index contributed by atoms with van der Waals surface area (Å²) in [5.41, 5.74) is 3.03. The Morgan fingerprint density at radius 1 is 1.46 bits per heavy atom. The van der Waals surface area contributed by atoms with Crippen LogP contribution < -0.4 is 0 Å². The molecular weight excluding hydrogens is 322 g/mol. The summed E-state index contributed by atoms with van der Waals surface area (Å²) < 4.78 is 5.22. The van der Waals surface area contributed by atoms with Crippen LogP contribution in [0.3, 0.4) is 0 Å². The number of hydrogen-bond donors (Lipinski definition) is 0. The van der Waals surface area contributed by atoms with Gasteiger partial charge in [-0.3, -0.25) is 4.79 Å². The smallest absolute Gasteiger partial charge is 0.225 e. The summed E-state index contributed by atoms with van der Waals surface area (Å²) in [6, 6.07) is 0. The molecular formula is C18H25N3O2S. The van der Waals surface area contributed by atoms with Crippen molar-refractivity contribution in [1.29, 1.82) is 0 Å². The van der Waals surface area contributed by atoms with E-state index in [1.807, 2.05) is 32.6 Å². The van der Waals surface area contributed by atoms with E-state index in [9.17, 15) is 4.79 Å². The maximum atomic E-state index is 12.9. The van der Waals surface area contributed by atoms with Crippen LogP contribution >= 0.6 is 11.3 Å². The van der Waals surface area contributed by atoms with Crippen molar-refractivity contribution in [2.45, 2.75) is 52.9 Å². The van der Waals surface area contributed by atoms with Crippen molar-refractivity contribution < 1.29 is 9.32 Å². The lowest BCUT2D eigenvalue weighted by Crippen LogP contribution is -2.42. The second kappa shape index (κ2) is 7.05. The molecule has 1 saturated heterocycles. The van der Waals surface area contributed by atoms with Crippen molar-refractivity contribution >= 4 is 17.2 Å². The zero-order valence-corrected chi connectivity index (χ0v) is 15.7. The molecule has 0 radical (unpaired) electrons. The minimum absolute atomic E-state index is 0.0569. The summed E-state index contributed by atoms with van der Waals surface area (Å²) in [6.07, 6.45) is 2.86. The van der Waals surface area contributed by atoms with Gasteiger partial charge in [0.25, 0.3) is 0 Å². The molecule has 24 heavy (non-hydrogen) atoms. The summed E-state index contributed by atoms with van der Waals surface area (Å²) in [5, 5.41) is 7.25. The van der Waals surface area contributed by atoms with Crippen LogP contribution in [0.1, 0.15) is 53.4 Å². The Labute approximate surface area is 147 Å². The molecule has 1 fully saturated rings. The average molecular weight is 347 g/mol.